The fraction of sp³-hybridized carbons (Fsp3) is 0.167. The molecule has 0 saturated heterocycles. The van der Waals surface area contributed by atoms with Crippen LogP contribution < -0.4 is 10.1 Å². The van der Waals surface area contributed by atoms with Crippen LogP contribution in [0.1, 0.15) is 5.56 Å². The van der Waals surface area contributed by atoms with E-state index in [1.807, 2.05) is 0 Å². The van der Waals surface area contributed by atoms with Crippen molar-refractivity contribution < 1.29 is 9.66 Å². The van der Waals surface area contributed by atoms with Crippen molar-refractivity contribution in [1.82, 2.24) is 9.97 Å². The van der Waals surface area contributed by atoms with Crippen molar-refractivity contribution in [2.45, 2.75) is 6.92 Å². The summed E-state index contributed by atoms with van der Waals surface area (Å²) in [5.74, 6) is 1.08. The average molecular weight is 339 g/mol. The van der Waals surface area contributed by atoms with Gasteiger partial charge in [0.25, 0.3) is 5.69 Å². The first-order chi connectivity index (χ1) is 9.49. The molecular formula is C12H11BrN4O3. The van der Waals surface area contributed by atoms with Crippen LogP contribution in [0.2, 0.25) is 0 Å². The van der Waals surface area contributed by atoms with Gasteiger partial charge in [-0.3, -0.25) is 10.1 Å². The van der Waals surface area contributed by atoms with E-state index in [0.717, 1.165) is 5.56 Å². The lowest BCUT2D eigenvalue weighted by atomic mass is 10.3. The number of hydrogen-bond acceptors (Lipinski definition) is 6. The summed E-state index contributed by atoms with van der Waals surface area (Å²) in [6.07, 6.45) is 1.61. The number of ether oxygens (including phenoxy) is 1. The zero-order chi connectivity index (χ0) is 14.7. The van der Waals surface area contributed by atoms with Crippen LogP contribution in [0.3, 0.4) is 0 Å². The van der Waals surface area contributed by atoms with Gasteiger partial charge in [0.1, 0.15) is 5.75 Å². The topological polar surface area (TPSA) is 90.2 Å². The molecule has 2 aromatic rings. The maximum Gasteiger partial charge on any atom is 0.274 e. The van der Waals surface area contributed by atoms with E-state index in [1.54, 1.807) is 26.2 Å². The second-order valence-electron chi connectivity index (χ2n) is 3.94. The van der Waals surface area contributed by atoms with Crippen LogP contribution in [-0.4, -0.2) is 21.9 Å². The van der Waals surface area contributed by atoms with Crippen molar-refractivity contribution in [2.75, 3.05) is 12.4 Å². The standard InChI is InChI=1S/C12H11BrN4O3/c1-7-6-15-12(14-2)16-11(7)20-10-4-8(13)3-9(5-10)17(18)19/h3-6H,1-2H3,(H,14,15,16). The molecule has 0 amide bonds. The highest BCUT2D eigenvalue weighted by atomic mass is 79.9. The lowest BCUT2D eigenvalue weighted by Gasteiger charge is -2.09. The largest absolute Gasteiger partial charge is 0.438 e. The van der Waals surface area contributed by atoms with E-state index >= 15 is 0 Å². The fourth-order valence-corrected chi connectivity index (χ4v) is 1.93. The Morgan fingerprint density at radius 1 is 1.40 bits per heavy atom. The second kappa shape index (κ2) is 5.83. The Labute approximate surface area is 123 Å². The predicted molar refractivity (Wildman–Crippen MR) is 77.2 cm³/mol. The highest BCUT2D eigenvalue weighted by Crippen LogP contribution is 2.30. The molecule has 0 bridgehead atoms. The number of anilines is 1. The average Bonchev–Trinajstić information content (AvgIpc) is 2.40. The molecule has 0 atom stereocenters. The molecule has 104 valence electrons. The van der Waals surface area contributed by atoms with Crippen LogP contribution in [-0.2, 0) is 0 Å². The Hall–Kier alpha value is -2.22. The van der Waals surface area contributed by atoms with Crippen molar-refractivity contribution in [3.8, 4) is 11.6 Å². The number of hydrogen-bond donors (Lipinski definition) is 1. The predicted octanol–water partition coefficient (Wildman–Crippen LogP) is 3.29. The Kier molecular flexibility index (Phi) is 4.14. The molecule has 1 aromatic carbocycles. The molecule has 1 N–H and O–H groups in total. The van der Waals surface area contributed by atoms with Crippen LogP contribution in [0.4, 0.5) is 11.6 Å². The lowest BCUT2D eigenvalue weighted by Crippen LogP contribution is -2.00. The molecule has 1 heterocycles. The second-order valence-corrected chi connectivity index (χ2v) is 4.85. The van der Waals surface area contributed by atoms with Gasteiger partial charge in [-0.15, -0.1) is 0 Å². The molecule has 0 fully saturated rings. The third-order valence-corrected chi connectivity index (χ3v) is 2.89. The number of halogens is 1. The summed E-state index contributed by atoms with van der Waals surface area (Å²) in [6.45, 7) is 1.79. The number of rotatable bonds is 4. The highest BCUT2D eigenvalue weighted by molar-refractivity contribution is 9.10. The van der Waals surface area contributed by atoms with E-state index in [4.69, 9.17) is 4.74 Å². The maximum absolute atomic E-state index is 10.8. The molecule has 2 rings (SSSR count). The van der Waals surface area contributed by atoms with Crippen molar-refractivity contribution >= 4 is 27.6 Å². The van der Waals surface area contributed by atoms with Gasteiger partial charge in [-0.2, -0.15) is 4.98 Å². The monoisotopic (exact) mass is 338 g/mol. The van der Waals surface area contributed by atoms with E-state index < -0.39 is 4.92 Å². The van der Waals surface area contributed by atoms with E-state index in [-0.39, 0.29) is 5.69 Å². The zero-order valence-corrected chi connectivity index (χ0v) is 12.3. The van der Waals surface area contributed by atoms with E-state index in [1.165, 1.54) is 12.1 Å². The molecule has 0 radical (unpaired) electrons. The van der Waals surface area contributed by atoms with Gasteiger partial charge in [-0.1, -0.05) is 15.9 Å². The van der Waals surface area contributed by atoms with E-state index in [0.29, 0.717) is 22.1 Å². The smallest absolute Gasteiger partial charge is 0.274 e. The number of nitro benzene ring substituents is 1. The first-order valence-electron chi connectivity index (χ1n) is 5.64. The van der Waals surface area contributed by atoms with Crippen LogP contribution in [0.25, 0.3) is 0 Å². The molecular weight excluding hydrogens is 328 g/mol. The minimum Gasteiger partial charge on any atom is -0.438 e. The molecule has 1 aromatic heterocycles. The van der Waals surface area contributed by atoms with Gasteiger partial charge in [0.05, 0.1) is 11.0 Å². The van der Waals surface area contributed by atoms with Crippen molar-refractivity contribution in [1.29, 1.82) is 0 Å². The highest BCUT2D eigenvalue weighted by Gasteiger charge is 2.12. The normalized spacial score (nSPS) is 10.2. The summed E-state index contributed by atoms with van der Waals surface area (Å²) in [7, 11) is 1.69. The maximum atomic E-state index is 10.8. The minimum atomic E-state index is -0.483. The molecule has 0 saturated carbocycles. The molecule has 0 spiro atoms. The number of benzene rings is 1. The van der Waals surface area contributed by atoms with Crippen LogP contribution in [0, 0.1) is 17.0 Å². The summed E-state index contributed by atoms with van der Waals surface area (Å²) in [5.41, 5.74) is 0.668. The quantitative estimate of drug-likeness (QED) is 0.679. The van der Waals surface area contributed by atoms with Gasteiger partial charge < -0.3 is 10.1 Å². The van der Waals surface area contributed by atoms with Crippen LogP contribution in [0.5, 0.6) is 11.6 Å². The minimum absolute atomic E-state index is 0.0603. The molecule has 0 aliphatic carbocycles. The molecule has 8 heteroatoms. The molecule has 0 aliphatic heterocycles. The number of non-ortho nitro benzene ring substituents is 1. The molecule has 7 nitrogen and oxygen atoms in total. The zero-order valence-electron chi connectivity index (χ0n) is 10.8. The van der Waals surface area contributed by atoms with Gasteiger partial charge in [-0.05, 0) is 13.0 Å². The van der Waals surface area contributed by atoms with Gasteiger partial charge in [-0.25, -0.2) is 4.98 Å². The first-order valence-corrected chi connectivity index (χ1v) is 6.43. The van der Waals surface area contributed by atoms with Gasteiger partial charge in [0.15, 0.2) is 0 Å². The third kappa shape index (κ3) is 3.21. The Balaban J connectivity index is 2.36. The van der Waals surface area contributed by atoms with Crippen molar-refractivity contribution in [3.63, 3.8) is 0 Å². The summed E-state index contributed by atoms with van der Waals surface area (Å²) >= 11 is 3.21. The summed E-state index contributed by atoms with van der Waals surface area (Å²) in [6, 6.07) is 4.37. The number of nitrogens with one attached hydrogen (secondary N) is 1. The van der Waals surface area contributed by atoms with Gasteiger partial charge in [0.2, 0.25) is 11.8 Å². The van der Waals surface area contributed by atoms with Gasteiger partial charge in [0, 0.05) is 29.3 Å². The summed E-state index contributed by atoms with van der Waals surface area (Å²) in [5, 5.41) is 13.6. The van der Waals surface area contributed by atoms with E-state index in [9.17, 15) is 10.1 Å². The number of aryl methyl sites for hydroxylation is 1. The molecule has 0 unspecified atom stereocenters. The molecule has 20 heavy (non-hydrogen) atoms. The Bertz CT molecular complexity index is 663. The fourth-order valence-electron chi connectivity index (χ4n) is 1.47. The number of nitro groups is 1. The summed E-state index contributed by atoms with van der Waals surface area (Å²) < 4.78 is 6.16. The van der Waals surface area contributed by atoms with Crippen LogP contribution in [0.15, 0.2) is 28.9 Å². The van der Waals surface area contributed by atoms with E-state index in [2.05, 4.69) is 31.2 Å². The van der Waals surface area contributed by atoms with Crippen molar-refractivity contribution in [2.24, 2.45) is 0 Å². The van der Waals surface area contributed by atoms with Crippen LogP contribution >= 0.6 is 15.9 Å². The third-order valence-electron chi connectivity index (χ3n) is 2.43. The van der Waals surface area contributed by atoms with Crippen molar-refractivity contribution in [3.05, 3.63) is 44.5 Å². The number of nitrogens with zero attached hydrogens (tertiary/aromatic N) is 3. The lowest BCUT2D eigenvalue weighted by molar-refractivity contribution is -0.385. The van der Waals surface area contributed by atoms with Gasteiger partial charge >= 0.3 is 0 Å². The Morgan fingerprint density at radius 3 is 2.80 bits per heavy atom. The summed E-state index contributed by atoms with van der Waals surface area (Å²) in [4.78, 5) is 18.5. The number of aromatic nitrogens is 2. The first kappa shape index (κ1) is 14.2. The SMILES string of the molecule is CNc1ncc(C)c(Oc2cc(Br)cc([N+](=O)[O-])c2)n1. The Morgan fingerprint density at radius 2 is 2.15 bits per heavy atom. The molecule has 0 aliphatic rings.